The van der Waals surface area contributed by atoms with Crippen molar-refractivity contribution in [3.63, 3.8) is 0 Å². The quantitative estimate of drug-likeness (QED) is 0.476. The molecule has 0 fully saturated rings. The zero-order valence-electron chi connectivity index (χ0n) is 16.2. The van der Waals surface area contributed by atoms with Gasteiger partial charge in [0.15, 0.2) is 0 Å². The molecule has 0 saturated carbocycles. The standard InChI is InChI=1S/C23H29OS/c1-8-23(25-24,19-13-9-17(10-14-19)21(2,3)4)20-15-11-18(12-16-20)22(5,6)7/h8-16H,1H2,2-7H3/q+1. The van der Waals surface area contributed by atoms with E-state index >= 15 is 0 Å². The third kappa shape index (κ3) is 3.90. The molecule has 0 aromatic heterocycles. The Morgan fingerprint density at radius 3 is 1.16 bits per heavy atom. The van der Waals surface area contributed by atoms with Crippen LogP contribution in [-0.4, -0.2) is 0 Å². The van der Waals surface area contributed by atoms with Crippen LogP contribution in [0.15, 0.2) is 61.2 Å². The summed E-state index contributed by atoms with van der Waals surface area (Å²) in [6, 6.07) is 16.7. The summed E-state index contributed by atoms with van der Waals surface area (Å²) in [5, 5.41) is 0. The molecule has 2 aromatic carbocycles. The molecule has 0 heterocycles. The maximum Gasteiger partial charge on any atom is 0.480 e. The average Bonchev–Trinajstić information content (AvgIpc) is 2.56. The molecule has 0 saturated heterocycles. The predicted molar refractivity (Wildman–Crippen MR) is 109 cm³/mol. The van der Waals surface area contributed by atoms with Gasteiger partial charge in [0.25, 0.3) is 0 Å². The molecule has 132 valence electrons. The van der Waals surface area contributed by atoms with E-state index in [9.17, 15) is 4.21 Å². The Bertz CT molecular complexity index is 673. The van der Waals surface area contributed by atoms with E-state index in [1.807, 2.05) is 0 Å². The van der Waals surface area contributed by atoms with Crippen LogP contribution in [0.2, 0.25) is 0 Å². The molecular weight excluding hydrogens is 324 g/mol. The van der Waals surface area contributed by atoms with Gasteiger partial charge in [0.1, 0.15) is 0 Å². The lowest BCUT2D eigenvalue weighted by Crippen LogP contribution is -2.24. The minimum atomic E-state index is -0.771. The van der Waals surface area contributed by atoms with Crippen molar-refractivity contribution in [3.8, 4) is 0 Å². The molecule has 0 amide bonds. The van der Waals surface area contributed by atoms with Crippen LogP contribution in [0.1, 0.15) is 63.8 Å². The number of benzene rings is 2. The Kier molecular flexibility index (Phi) is 5.34. The van der Waals surface area contributed by atoms with Crippen LogP contribution in [0.3, 0.4) is 0 Å². The first kappa shape index (κ1) is 19.5. The normalized spacial score (nSPS) is 12.7. The minimum Gasteiger partial charge on any atom is -0.0963 e. The van der Waals surface area contributed by atoms with Gasteiger partial charge in [-0.15, -0.1) is 0 Å². The highest BCUT2D eigenvalue weighted by atomic mass is 32.1. The molecule has 0 aliphatic rings. The Morgan fingerprint density at radius 2 is 0.960 bits per heavy atom. The molecule has 0 atom stereocenters. The van der Waals surface area contributed by atoms with Gasteiger partial charge in [-0.05, 0) is 28.0 Å². The van der Waals surface area contributed by atoms with Crippen molar-refractivity contribution < 1.29 is 4.21 Å². The van der Waals surface area contributed by atoms with E-state index in [-0.39, 0.29) is 10.8 Å². The van der Waals surface area contributed by atoms with E-state index in [4.69, 9.17) is 0 Å². The van der Waals surface area contributed by atoms with Crippen molar-refractivity contribution in [1.29, 1.82) is 0 Å². The lowest BCUT2D eigenvalue weighted by molar-refractivity contribution is 0.588. The molecule has 2 aromatic rings. The SMILES string of the molecule is C=CC([S+]=O)(c1ccc(C(C)(C)C)cc1)c1ccc(C(C)(C)C)cc1. The van der Waals surface area contributed by atoms with Crippen LogP contribution >= 0.6 is 0 Å². The molecule has 1 nitrogen and oxygen atoms in total. The first-order valence-corrected chi connectivity index (χ1v) is 9.45. The van der Waals surface area contributed by atoms with Crippen molar-refractivity contribution in [2.75, 3.05) is 0 Å². The van der Waals surface area contributed by atoms with Gasteiger partial charge in [0.05, 0.1) is 0 Å². The zero-order chi connectivity index (χ0) is 18.9. The molecule has 0 bridgehead atoms. The first-order chi connectivity index (χ1) is 11.5. The lowest BCUT2D eigenvalue weighted by atomic mass is 9.82. The van der Waals surface area contributed by atoms with Crippen molar-refractivity contribution in [1.82, 2.24) is 0 Å². The van der Waals surface area contributed by atoms with E-state index < -0.39 is 4.75 Å². The van der Waals surface area contributed by atoms with Gasteiger partial charge in [-0.25, -0.2) is 0 Å². The number of hydrogen-bond donors (Lipinski definition) is 0. The Hall–Kier alpha value is -1.80. The summed E-state index contributed by atoms with van der Waals surface area (Å²) in [5.41, 5.74) is 4.64. The summed E-state index contributed by atoms with van der Waals surface area (Å²) in [7, 11) is 0. The van der Waals surface area contributed by atoms with Gasteiger partial charge < -0.3 is 0 Å². The highest BCUT2D eigenvalue weighted by Gasteiger charge is 2.45. The lowest BCUT2D eigenvalue weighted by Gasteiger charge is -2.22. The van der Waals surface area contributed by atoms with Crippen molar-refractivity contribution >= 4 is 11.7 Å². The summed E-state index contributed by atoms with van der Waals surface area (Å²) >= 11 is 0.582. The highest BCUT2D eigenvalue weighted by molar-refractivity contribution is 7.67. The van der Waals surface area contributed by atoms with E-state index in [0.717, 1.165) is 11.1 Å². The smallest absolute Gasteiger partial charge is 0.0963 e. The Morgan fingerprint density at radius 1 is 0.680 bits per heavy atom. The Labute approximate surface area is 156 Å². The third-order valence-electron chi connectivity index (χ3n) is 4.78. The zero-order valence-corrected chi connectivity index (χ0v) is 17.0. The van der Waals surface area contributed by atoms with Crippen LogP contribution in [0, 0.1) is 0 Å². The largest absolute Gasteiger partial charge is 0.480 e. The van der Waals surface area contributed by atoms with Crippen LogP contribution in [0.5, 0.6) is 0 Å². The van der Waals surface area contributed by atoms with E-state index in [1.165, 1.54) is 11.1 Å². The molecule has 0 aliphatic carbocycles. The maximum absolute atomic E-state index is 12.2. The van der Waals surface area contributed by atoms with Crippen LogP contribution in [0.25, 0.3) is 0 Å². The van der Waals surface area contributed by atoms with Crippen molar-refractivity contribution in [2.45, 2.75) is 57.1 Å². The number of hydrogen-bond acceptors (Lipinski definition) is 1. The molecule has 0 radical (unpaired) electrons. The average molecular weight is 354 g/mol. The monoisotopic (exact) mass is 353 g/mol. The fourth-order valence-electron chi connectivity index (χ4n) is 2.97. The minimum absolute atomic E-state index is 0.0916. The molecule has 0 aliphatic heterocycles. The van der Waals surface area contributed by atoms with Gasteiger partial charge in [-0.2, -0.15) is 0 Å². The van der Waals surface area contributed by atoms with Crippen LogP contribution in [0.4, 0.5) is 0 Å². The summed E-state index contributed by atoms with van der Waals surface area (Å²) in [4.78, 5) is 0. The molecule has 2 rings (SSSR count). The van der Waals surface area contributed by atoms with Crippen molar-refractivity contribution in [2.24, 2.45) is 0 Å². The summed E-state index contributed by atoms with van der Waals surface area (Å²) in [6.07, 6.45) is 1.77. The van der Waals surface area contributed by atoms with E-state index in [1.54, 1.807) is 6.08 Å². The van der Waals surface area contributed by atoms with Crippen molar-refractivity contribution in [3.05, 3.63) is 83.4 Å². The first-order valence-electron chi connectivity index (χ1n) is 8.71. The van der Waals surface area contributed by atoms with Crippen LogP contribution < -0.4 is 0 Å². The number of rotatable bonds is 4. The fourth-order valence-corrected chi connectivity index (χ4v) is 3.50. The maximum atomic E-state index is 12.2. The molecule has 0 spiro atoms. The molecule has 2 heteroatoms. The van der Waals surface area contributed by atoms with Gasteiger partial charge in [-0.1, -0.05) is 96.7 Å². The second kappa shape index (κ2) is 6.84. The second-order valence-corrected chi connectivity index (χ2v) is 9.49. The van der Waals surface area contributed by atoms with Gasteiger partial charge in [-0.3, -0.25) is 0 Å². The Balaban J connectivity index is 2.52. The molecule has 0 N–H and O–H groups in total. The van der Waals surface area contributed by atoms with Gasteiger partial charge in [0.2, 0.25) is 0 Å². The summed E-state index contributed by atoms with van der Waals surface area (Å²) in [5.74, 6) is 0. The van der Waals surface area contributed by atoms with E-state index in [0.29, 0.717) is 11.7 Å². The topological polar surface area (TPSA) is 17.1 Å². The summed E-state index contributed by atoms with van der Waals surface area (Å²) in [6.45, 7) is 17.1. The summed E-state index contributed by atoms with van der Waals surface area (Å²) < 4.78 is 11.4. The molecule has 25 heavy (non-hydrogen) atoms. The van der Waals surface area contributed by atoms with Crippen LogP contribution in [-0.2, 0) is 31.5 Å². The highest BCUT2D eigenvalue weighted by Crippen LogP contribution is 2.36. The van der Waals surface area contributed by atoms with Gasteiger partial charge >= 0.3 is 16.4 Å². The second-order valence-electron chi connectivity index (χ2n) is 8.68. The molecule has 0 unspecified atom stereocenters. The predicted octanol–water partition coefficient (Wildman–Crippen LogP) is 6.14. The fraction of sp³-hybridized carbons (Fsp3) is 0.391. The van der Waals surface area contributed by atoms with Gasteiger partial charge in [0, 0.05) is 15.3 Å². The third-order valence-corrected chi connectivity index (χ3v) is 5.68. The van der Waals surface area contributed by atoms with E-state index in [2.05, 4.69) is 96.7 Å². The molecular formula is C23H29OS+.